The van der Waals surface area contributed by atoms with E-state index in [1.54, 1.807) is 6.20 Å². The Morgan fingerprint density at radius 1 is 1.08 bits per heavy atom. The molecule has 7 nitrogen and oxygen atoms in total. The van der Waals surface area contributed by atoms with Gasteiger partial charge in [0.2, 0.25) is 0 Å². The summed E-state index contributed by atoms with van der Waals surface area (Å²) in [5.74, 6) is 3.03. The molecule has 3 aliphatic carbocycles. The molecule has 6 atom stereocenters. The highest BCUT2D eigenvalue weighted by Gasteiger charge is 2.57. The molecule has 3 aromatic rings. The van der Waals surface area contributed by atoms with Gasteiger partial charge in [-0.05, 0) is 109 Å². The van der Waals surface area contributed by atoms with Gasteiger partial charge in [0, 0.05) is 6.61 Å². The number of aromatic hydroxyl groups is 1. The molecule has 3 unspecified atom stereocenters. The zero-order valence-corrected chi connectivity index (χ0v) is 23.1. The van der Waals surface area contributed by atoms with Gasteiger partial charge in [0.1, 0.15) is 18.1 Å². The predicted molar refractivity (Wildman–Crippen MR) is 149 cm³/mol. The SMILES string of the molecule is CCCOCc1cnnn1CCOc1ccc([C@H]2C[C@@]3(C)C(CC[C@@H]3O)C3CCc4cc(O)ccc4C32)cc1. The fourth-order valence-electron chi connectivity index (χ4n) is 7.95. The third-order valence-corrected chi connectivity index (χ3v) is 9.84. The van der Waals surface area contributed by atoms with Crippen molar-refractivity contribution in [2.75, 3.05) is 13.2 Å². The molecule has 2 saturated carbocycles. The molecule has 7 heteroatoms. The molecule has 1 heterocycles. The normalized spacial score (nSPS) is 29.5. The van der Waals surface area contributed by atoms with E-state index in [1.165, 1.54) is 16.7 Å². The molecule has 0 radical (unpaired) electrons. The van der Waals surface area contributed by atoms with E-state index in [1.807, 2.05) is 16.8 Å². The minimum absolute atomic E-state index is 0.0498. The Labute approximate surface area is 231 Å². The number of fused-ring (bicyclic) bond motifs is 5. The van der Waals surface area contributed by atoms with E-state index in [4.69, 9.17) is 9.47 Å². The Kier molecular flexibility index (Phi) is 7.38. The first kappa shape index (κ1) is 26.3. The van der Waals surface area contributed by atoms with Gasteiger partial charge in [-0.1, -0.05) is 37.3 Å². The summed E-state index contributed by atoms with van der Waals surface area (Å²) in [5.41, 5.74) is 4.89. The number of nitrogens with zero attached hydrogens (tertiary/aromatic N) is 3. The van der Waals surface area contributed by atoms with Gasteiger partial charge in [0.15, 0.2) is 0 Å². The first-order chi connectivity index (χ1) is 19.0. The summed E-state index contributed by atoms with van der Waals surface area (Å²) in [6, 6.07) is 14.6. The number of aryl methyl sites for hydroxylation is 1. The van der Waals surface area contributed by atoms with Crippen LogP contribution in [0.1, 0.15) is 80.2 Å². The van der Waals surface area contributed by atoms with Gasteiger partial charge < -0.3 is 19.7 Å². The van der Waals surface area contributed by atoms with Crippen LogP contribution >= 0.6 is 0 Å². The highest BCUT2D eigenvalue weighted by atomic mass is 16.5. The summed E-state index contributed by atoms with van der Waals surface area (Å²) in [4.78, 5) is 0. The van der Waals surface area contributed by atoms with E-state index < -0.39 is 0 Å². The maximum Gasteiger partial charge on any atom is 0.119 e. The first-order valence-corrected chi connectivity index (χ1v) is 14.7. The van der Waals surface area contributed by atoms with Gasteiger partial charge >= 0.3 is 0 Å². The molecule has 208 valence electrons. The number of phenols is 1. The lowest BCUT2D eigenvalue weighted by Crippen LogP contribution is -2.47. The topological polar surface area (TPSA) is 89.6 Å². The summed E-state index contributed by atoms with van der Waals surface area (Å²) < 4.78 is 13.6. The molecule has 2 N–H and O–H groups in total. The monoisotopic (exact) mass is 531 g/mol. The molecule has 0 aliphatic heterocycles. The second-order valence-corrected chi connectivity index (χ2v) is 12.0. The lowest BCUT2D eigenvalue weighted by atomic mass is 9.51. The number of aromatic nitrogens is 3. The third kappa shape index (κ3) is 4.95. The van der Waals surface area contributed by atoms with Crippen molar-refractivity contribution in [3.63, 3.8) is 0 Å². The minimum Gasteiger partial charge on any atom is -0.508 e. The molecule has 3 aliphatic rings. The molecule has 1 aromatic heterocycles. The van der Waals surface area contributed by atoms with Crippen molar-refractivity contribution in [2.24, 2.45) is 17.3 Å². The molecule has 0 saturated heterocycles. The molecule has 2 aromatic carbocycles. The van der Waals surface area contributed by atoms with Crippen molar-refractivity contribution >= 4 is 0 Å². The van der Waals surface area contributed by atoms with E-state index in [2.05, 4.69) is 54.5 Å². The van der Waals surface area contributed by atoms with Crippen LogP contribution < -0.4 is 4.74 Å². The van der Waals surface area contributed by atoms with Crippen molar-refractivity contribution in [2.45, 2.75) is 83.5 Å². The van der Waals surface area contributed by atoms with Gasteiger partial charge in [-0.2, -0.15) is 0 Å². The molecular weight excluding hydrogens is 490 g/mol. The average Bonchev–Trinajstić information content (AvgIpc) is 3.51. The van der Waals surface area contributed by atoms with Crippen LogP contribution in [0.2, 0.25) is 0 Å². The zero-order valence-electron chi connectivity index (χ0n) is 23.1. The number of aliphatic hydroxyl groups is 1. The van der Waals surface area contributed by atoms with Crippen LogP contribution in [0, 0.1) is 17.3 Å². The maximum absolute atomic E-state index is 11.1. The van der Waals surface area contributed by atoms with Crippen LogP contribution in [-0.4, -0.2) is 44.5 Å². The summed E-state index contributed by atoms with van der Waals surface area (Å²) in [7, 11) is 0. The maximum atomic E-state index is 11.1. The summed E-state index contributed by atoms with van der Waals surface area (Å²) >= 11 is 0. The summed E-state index contributed by atoms with van der Waals surface area (Å²) in [6.45, 7) is 6.77. The largest absolute Gasteiger partial charge is 0.508 e. The van der Waals surface area contributed by atoms with Gasteiger partial charge in [-0.25, -0.2) is 4.68 Å². The van der Waals surface area contributed by atoms with Gasteiger partial charge in [0.25, 0.3) is 0 Å². The van der Waals surface area contributed by atoms with Crippen molar-refractivity contribution in [1.82, 2.24) is 15.0 Å². The zero-order chi connectivity index (χ0) is 27.0. The Morgan fingerprint density at radius 2 is 1.92 bits per heavy atom. The first-order valence-electron chi connectivity index (χ1n) is 14.7. The van der Waals surface area contributed by atoms with Crippen LogP contribution in [0.25, 0.3) is 0 Å². The second kappa shape index (κ2) is 10.9. The second-order valence-electron chi connectivity index (χ2n) is 12.0. The summed E-state index contributed by atoms with van der Waals surface area (Å²) in [5, 5.41) is 29.5. The fraction of sp³-hybridized carbons (Fsp3) is 0.562. The van der Waals surface area contributed by atoms with Crippen LogP contribution in [0.4, 0.5) is 0 Å². The molecular formula is C32H41N3O4. The molecule has 0 spiro atoms. The number of ether oxygens (including phenoxy) is 2. The highest BCUT2D eigenvalue weighted by Crippen LogP contribution is 2.65. The van der Waals surface area contributed by atoms with E-state index in [0.717, 1.165) is 56.6 Å². The van der Waals surface area contributed by atoms with Crippen LogP contribution in [0.3, 0.4) is 0 Å². The van der Waals surface area contributed by atoms with Gasteiger partial charge in [-0.15, -0.1) is 5.10 Å². The van der Waals surface area contributed by atoms with Crippen molar-refractivity contribution in [1.29, 1.82) is 0 Å². The highest BCUT2D eigenvalue weighted by molar-refractivity contribution is 5.43. The number of rotatable bonds is 9. The van der Waals surface area contributed by atoms with Crippen molar-refractivity contribution < 1.29 is 19.7 Å². The smallest absolute Gasteiger partial charge is 0.119 e. The quantitative estimate of drug-likeness (QED) is 0.350. The third-order valence-electron chi connectivity index (χ3n) is 9.84. The lowest BCUT2D eigenvalue weighted by molar-refractivity contribution is -0.0323. The Hall–Kier alpha value is -2.90. The Balaban J connectivity index is 1.19. The minimum atomic E-state index is -0.233. The van der Waals surface area contributed by atoms with E-state index >= 15 is 0 Å². The number of benzene rings is 2. The van der Waals surface area contributed by atoms with Crippen molar-refractivity contribution in [3.05, 3.63) is 71.0 Å². The molecule has 0 amide bonds. The standard InChI is InChI=1S/C32H41N3O4/c1-3-15-38-20-23-19-33-34-35(23)14-16-39-25-8-4-21(5-9-25)28-18-32(2)29(12-13-30(32)37)27-10-6-22-17-24(36)7-11-26(22)31(27)28/h4-5,7-9,11,17,19,27-31,36-37H,3,6,10,12-16,18,20H2,1-2H3/t27?,28-,29?,30+,31?,32+/m1/s1. The fourth-order valence-corrected chi connectivity index (χ4v) is 7.95. The molecule has 2 fully saturated rings. The van der Waals surface area contributed by atoms with E-state index in [9.17, 15) is 10.2 Å². The predicted octanol–water partition coefficient (Wildman–Crippen LogP) is 5.60. The van der Waals surface area contributed by atoms with Gasteiger partial charge in [0.05, 0.1) is 31.1 Å². The van der Waals surface area contributed by atoms with E-state index in [0.29, 0.717) is 49.2 Å². The average molecular weight is 532 g/mol. The molecule has 6 rings (SSSR count). The number of hydrogen-bond donors (Lipinski definition) is 2. The summed E-state index contributed by atoms with van der Waals surface area (Å²) in [6.07, 6.45) is 7.64. The number of aliphatic hydroxyl groups excluding tert-OH is 1. The van der Waals surface area contributed by atoms with Crippen LogP contribution in [-0.2, 0) is 24.3 Å². The van der Waals surface area contributed by atoms with Crippen LogP contribution in [0.5, 0.6) is 11.5 Å². The van der Waals surface area contributed by atoms with Gasteiger partial charge in [-0.3, -0.25) is 0 Å². The van der Waals surface area contributed by atoms with Crippen LogP contribution in [0.15, 0.2) is 48.7 Å². The van der Waals surface area contributed by atoms with Crippen molar-refractivity contribution in [3.8, 4) is 11.5 Å². The lowest BCUT2D eigenvalue weighted by Gasteiger charge is -2.54. The molecule has 0 bridgehead atoms. The molecule has 39 heavy (non-hydrogen) atoms. The number of hydrogen-bond acceptors (Lipinski definition) is 6. The Bertz CT molecular complexity index is 1270. The number of phenolic OH excluding ortho intramolecular Hbond substituents is 1. The van der Waals surface area contributed by atoms with E-state index in [-0.39, 0.29) is 11.5 Å². The Morgan fingerprint density at radius 3 is 2.74 bits per heavy atom.